The van der Waals surface area contributed by atoms with E-state index in [1.807, 2.05) is 24.3 Å². The first kappa shape index (κ1) is 8.78. The molecule has 0 aliphatic heterocycles. The van der Waals surface area contributed by atoms with Crippen molar-refractivity contribution in [1.82, 2.24) is 9.97 Å². The fourth-order valence-corrected chi connectivity index (χ4v) is 1.61. The van der Waals surface area contributed by atoms with Crippen LogP contribution in [0.25, 0.3) is 11.3 Å². The molecule has 0 spiro atoms. The molecule has 0 saturated heterocycles. The second kappa shape index (κ2) is 3.52. The van der Waals surface area contributed by atoms with E-state index in [0.717, 1.165) is 21.0 Å². The predicted molar refractivity (Wildman–Crippen MR) is 56.7 cm³/mol. The lowest BCUT2D eigenvalue weighted by Gasteiger charge is -1.96. The summed E-state index contributed by atoms with van der Waals surface area (Å²) in [5.41, 5.74) is 1.99. The highest BCUT2D eigenvalue weighted by molar-refractivity contribution is 9.10. The molecule has 1 N–H and O–H groups in total. The van der Waals surface area contributed by atoms with Crippen LogP contribution in [0.5, 0.6) is 0 Å². The Morgan fingerprint density at radius 2 is 2.23 bits per heavy atom. The van der Waals surface area contributed by atoms with Crippen molar-refractivity contribution in [1.29, 1.82) is 0 Å². The Labute approximate surface area is 89.1 Å². The number of nitrogens with one attached hydrogen (secondary N) is 1. The third kappa shape index (κ3) is 1.92. The molecule has 4 heteroatoms. The van der Waals surface area contributed by atoms with E-state index < -0.39 is 0 Å². The highest BCUT2D eigenvalue weighted by atomic mass is 79.9. The maximum atomic E-state index is 5.86. The van der Waals surface area contributed by atoms with Gasteiger partial charge in [-0.2, -0.15) is 0 Å². The predicted octanol–water partition coefficient (Wildman–Crippen LogP) is 3.49. The number of aromatic amines is 1. The molecule has 0 aliphatic carbocycles. The zero-order chi connectivity index (χ0) is 9.26. The zero-order valence-electron chi connectivity index (χ0n) is 6.59. The van der Waals surface area contributed by atoms with E-state index in [9.17, 15) is 0 Å². The van der Waals surface area contributed by atoms with Gasteiger partial charge in [-0.3, -0.25) is 0 Å². The van der Waals surface area contributed by atoms with Gasteiger partial charge in [0.2, 0.25) is 0 Å². The Morgan fingerprint density at radius 3 is 2.85 bits per heavy atom. The molecular formula is C9H6BrClN2. The molecule has 0 bridgehead atoms. The van der Waals surface area contributed by atoms with Gasteiger partial charge in [-0.1, -0.05) is 23.7 Å². The molecule has 1 heterocycles. The Balaban J connectivity index is 2.46. The standard InChI is InChI=1S/C9H6BrClN2/c10-9-12-5-8(13-9)6-2-1-3-7(11)4-6/h1-5H,(H,12,13). The Hall–Kier alpha value is -0.800. The maximum Gasteiger partial charge on any atom is 0.174 e. The van der Waals surface area contributed by atoms with Crippen molar-refractivity contribution in [2.45, 2.75) is 0 Å². The van der Waals surface area contributed by atoms with Crippen molar-refractivity contribution in [2.75, 3.05) is 0 Å². The normalized spacial score (nSPS) is 10.3. The van der Waals surface area contributed by atoms with Crippen molar-refractivity contribution in [2.24, 2.45) is 0 Å². The summed E-state index contributed by atoms with van der Waals surface area (Å²) in [6, 6.07) is 7.62. The Morgan fingerprint density at radius 1 is 1.38 bits per heavy atom. The third-order valence-electron chi connectivity index (χ3n) is 1.68. The SMILES string of the molecule is Clc1cccc(-c2cnc(Br)[nH]2)c1. The largest absolute Gasteiger partial charge is 0.333 e. The lowest BCUT2D eigenvalue weighted by atomic mass is 10.2. The molecule has 0 atom stereocenters. The van der Waals surface area contributed by atoms with Crippen LogP contribution in [0.4, 0.5) is 0 Å². The van der Waals surface area contributed by atoms with Crippen LogP contribution < -0.4 is 0 Å². The number of H-pyrrole nitrogens is 1. The van der Waals surface area contributed by atoms with Gasteiger partial charge in [0, 0.05) is 10.6 Å². The van der Waals surface area contributed by atoms with Crippen LogP contribution in [0, 0.1) is 0 Å². The molecule has 0 amide bonds. The monoisotopic (exact) mass is 256 g/mol. The van der Waals surface area contributed by atoms with Crippen molar-refractivity contribution in [3.8, 4) is 11.3 Å². The molecule has 0 unspecified atom stereocenters. The minimum absolute atomic E-state index is 0.725. The van der Waals surface area contributed by atoms with Crippen LogP contribution in [0.3, 0.4) is 0 Å². The minimum Gasteiger partial charge on any atom is -0.333 e. The lowest BCUT2D eigenvalue weighted by molar-refractivity contribution is 1.24. The topological polar surface area (TPSA) is 28.7 Å². The number of hydrogen-bond donors (Lipinski definition) is 1. The van der Waals surface area contributed by atoms with E-state index in [0.29, 0.717) is 0 Å². The van der Waals surface area contributed by atoms with Crippen LogP contribution in [0.1, 0.15) is 0 Å². The summed E-state index contributed by atoms with van der Waals surface area (Å²) in [7, 11) is 0. The molecule has 0 radical (unpaired) electrons. The second-order valence-corrected chi connectivity index (χ2v) is 3.79. The zero-order valence-corrected chi connectivity index (χ0v) is 8.93. The first-order valence-corrected chi connectivity index (χ1v) is 4.89. The summed E-state index contributed by atoms with van der Waals surface area (Å²) < 4.78 is 0.725. The van der Waals surface area contributed by atoms with E-state index in [1.54, 1.807) is 6.20 Å². The van der Waals surface area contributed by atoms with E-state index in [2.05, 4.69) is 25.9 Å². The van der Waals surface area contributed by atoms with Gasteiger partial charge in [-0.25, -0.2) is 4.98 Å². The first-order valence-electron chi connectivity index (χ1n) is 3.72. The number of halogens is 2. The van der Waals surface area contributed by atoms with Crippen LogP contribution >= 0.6 is 27.5 Å². The molecule has 2 aromatic rings. The number of hydrogen-bond acceptors (Lipinski definition) is 1. The molecule has 2 nitrogen and oxygen atoms in total. The summed E-state index contributed by atoms with van der Waals surface area (Å²) in [5.74, 6) is 0. The summed E-state index contributed by atoms with van der Waals surface area (Å²) >= 11 is 9.10. The fraction of sp³-hybridized carbons (Fsp3) is 0. The average molecular weight is 258 g/mol. The van der Waals surface area contributed by atoms with Gasteiger partial charge in [0.05, 0.1) is 11.9 Å². The fourth-order valence-electron chi connectivity index (χ4n) is 1.10. The minimum atomic E-state index is 0.725. The summed E-state index contributed by atoms with van der Waals surface area (Å²) in [4.78, 5) is 7.11. The highest BCUT2D eigenvalue weighted by Gasteiger charge is 2.00. The number of imidazole rings is 1. The number of aromatic nitrogens is 2. The van der Waals surface area contributed by atoms with Crippen LogP contribution in [-0.4, -0.2) is 9.97 Å². The number of benzene rings is 1. The summed E-state index contributed by atoms with van der Waals surface area (Å²) in [5, 5.41) is 0.725. The highest BCUT2D eigenvalue weighted by Crippen LogP contribution is 2.21. The molecule has 1 aromatic heterocycles. The smallest absolute Gasteiger partial charge is 0.174 e. The molecule has 0 saturated carbocycles. The van der Waals surface area contributed by atoms with Gasteiger partial charge in [-0.15, -0.1) is 0 Å². The first-order chi connectivity index (χ1) is 6.25. The summed E-state index contributed by atoms with van der Waals surface area (Å²) in [6.07, 6.45) is 1.76. The van der Waals surface area contributed by atoms with E-state index in [-0.39, 0.29) is 0 Å². The molecule has 0 aliphatic rings. The molecule has 0 fully saturated rings. The third-order valence-corrected chi connectivity index (χ3v) is 2.32. The van der Waals surface area contributed by atoms with Gasteiger partial charge >= 0.3 is 0 Å². The summed E-state index contributed by atoms with van der Waals surface area (Å²) in [6.45, 7) is 0. The molecule has 66 valence electrons. The maximum absolute atomic E-state index is 5.86. The van der Waals surface area contributed by atoms with Crippen LogP contribution in [0.2, 0.25) is 5.02 Å². The van der Waals surface area contributed by atoms with E-state index in [4.69, 9.17) is 11.6 Å². The van der Waals surface area contributed by atoms with E-state index in [1.165, 1.54) is 0 Å². The van der Waals surface area contributed by atoms with Crippen molar-refractivity contribution in [3.05, 3.63) is 40.2 Å². The number of nitrogens with zero attached hydrogens (tertiary/aromatic N) is 1. The van der Waals surface area contributed by atoms with Gasteiger partial charge in [0.25, 0.3) is 0 Å². The molecular weight excluding hydrogens is 251 g/mol. The second-order valence-electron chi connectivity index (χ2n) is 2.60. The number of rotatable bonds is 1. The van der Waals surface area contributed by atoms with Gasteiger partial charge < -0.3 is 4.98 Å². The average Bonchev–Trinajstić information content (AvgIpc) is 2.52. The Kier molecular flexibility index (Phi) is 2.38. The van der Waals surface area contributed by atoms with Crippen molar-refractivity contribution < 1.29 is 0 Å². The Bertz CT molecular complexity index is 425. The van der Waals surface area contributed by atoms with Crippen molar-refractivity contribution >= 4 is 27.5 Å². The van der Waals surface area contributed by atoms with Gasteiger partial charge in [-0.05, 0) is 28.1 Å². The lowest BCUT2D eigenvalue weighted by Crippen LogP contribution is -1.76. The van der Waals surface area contributed by atoms with Gasteiger partial charge in [0.1, 0.15) is 0 Å². The molecule has 1 aromatic carbocycles. The van der Waals surface area contributed by atoms with Crippen LogP contribution in [-0.2, 0) is 0 Å². The quantitative estimate of drug-likeness (QED) is 0.832. The van der Waals surface area contributed by atoms with Crippen LogP contribution in [0.15, 0.2) is 35.2 Å². The van der Waals surface area contributed by atoms with Crippen molar-refractivity contribution in [3.63, 3.8) is 0 Å². The molecule has 2 rings (SSSR count). The van der Waals surface area contributed by atoms with Gasteiger partial charge in [0.15, 0.2) is 4.73 Å². The molecule has 13 heavy (non-hydrogen) atoms. The van der Waals surface area contributed by atoms with E-state index >= 15 is 0 Å².